The molecule has 0 bridgehead atoms. The summed E-state index contributed by atoms with van der Waals surface area (Å²) in [6, 6.07) is 10.2. The Balaban J connectivity index is 1.72. The number of nitrogens with one attached hydrogen (secondary N) is 2. The van der Waals surface area contributed by atoms with E-state index in [1.54, 1.807) is 0 Å². The van der Waals surface area contributed by atoms with E-state index in [-0.39, 0.29) is 30.5 Å². The molecule has 2 atom stereocenters. The van der Waals surface area contributed by atoms with E-state index in [9.17, 15) is 14.7 Å². The lowest BCUT2D eigenvalue weighted by Crippen LogP contribution is -2.42. The molecule has 0 spiro atoms. The van der Waals surface area contributed by atoms with Gasteiger partial charge >= 0.3 is 0 Å². The Labute approximate surface area is 199 Å². The van der Waals surface area contributed by atoms with Crippen LogP contribution in [0.2, 0.25) is 0 Å². The number of rotatable bonds is 16. The van der Waals surface area contributed by atoms with Crippen LogP contribution in [0.15, 0.2) is 30.3 Å². The van der Waals surface area contributed by atoms with E-state index in [2.05, 4.69) is 43.5 Å². The van der Waals surface area contributed by atoms with Gasteiger partial charge in [-0.2, -0.15) is 0 Å². The summed E-state index contributed by atoms with van der Waals surface area (Å²) < 4.78 is 0. The van der Waals surface area contributed by atoms with E-state index in [4.69, 9.17) is 0 Å². The topological polar surface area (TPSA) is 84.9 Å². The lowest BCUT2D eigenvalue weighted by atomic mass is 9.99. The van der Waals surface area contributed by atoms with Gasteiger partial charge in [0.15, 0.2) is 0 Å². The molecular weight excluding hydrogens is 416 g/mol. The van der Waals surface area contributed by atoms with Crippen LogP contribution >= 0.6 is 0 Å². The highest BCUT2D eigenvalue weighted by Gasteiger charge is 2.34. The summed E-state index contributed by atoms with van der Waals surface area (Å²) >= 11 is 0. The van der Waals surface area contributed by atoms with Gasteiger partial charge in [0.1, 0.15) is 0 Å². The van der Waals surface area contributed by atoms with E-state index in [1.807, 2.05) is 28.0 Å². The maximum atomic E-state index is 12.8. The highest BCUT2D eigenvalue weighted by atomic mass is 16.3. The van der Waals surface area contributed by atoms with Crippen molar-refractivity contribution in [1.29, 1.82) is 0 Å². The number of aliphatic hydroxyl groups is 1. The number of hydrogen-bond acceptors (Lipinski definition) is 5. The Kier molecular flexibility index (Phi) is 12.4. The van der Waals surface area contributed by atoms with Crippen LogP contribution in [0.5, 0.6) is 0 Å². The maximum absolute atomic E-state index is 12.8. The van der Waals surface area contributed by atoms with Gasteiger partial charge in [0, 0.05) is 45.2 Å². The van der Waals surface area contributed by atoms with Gasteiger partial charge in [0.25, 0.3) is 0 Å². The molecule has 1 aliphatic heterocycles. The Hall–Kier alpha value is -1.96. The van der Waals surface area contributed by atoms with Crippen molar-refractivity contribution < 1.29 is 14.7 Å². The second kappa shape index (κ2) is 15.0. The van der Waals surface area contributed by atoms with Crippen LogP contribution in [-0.4, -0.2) is 72.2 Å². The third kappa shape index (κ3) is 10.2. The molecule has 0 radical (unpaired) electrons. The van der Waals surface area contributed by atoms with E-state index in [1.165, 1.54) is 5.56 Å². The van der Waals surface area contributed by atoms with Crippen LogP contribution in [0.1, 0.15) is 58.4 Å². The first-order valence-corrected chi connectivity index (χ1v) is 12.6. The molecule has 1 saturated heterocycles. The summed E-state index contributed by atoms with van der Waals surface area (Å²) in [5.74, 6) is 0.377. The van der Waals surface area contributed by atoms with Gasteiger partial charge < -0.3 is 20.6 Å². The zero-order chi connectivity index (χ0) is 24.1. The average molecular weight is 461 g/mol. The molecule has 1 fully saturated rings. The minimum Gasteiger partial charge on any atom is -0.381 e. The predicted molar refractivity (Wildman–Crippen MR) is 132 cm³/mol. The minimum absolute atomic E-state index is 0.0160. The van der Waals surface area contributed by atoms with E-state index >= 15 is 0 Å². The summed E-state index contributed by atoms with van der Waals surface area (Å²) in [6.45, 7) is 10.8. The monoisotopic (exact) mass is 460 g/mol. The quantitative estimate of drug-likeness (QED) is 0.261. The third-order valence-electron chi connectivity index (χ3n) is 6.19. The smallest absolute Gasteiger partial charge is 0.225 e. The van der Waals surface area contributed by atoms with Crippen LogP contribution in [-0.2, 0) is 16.1 Å². The molecule has 0 saturated carbocycles. The Morgan fingerprint density at radius 2 is 2.00 bits per heavy atom. The first-order chi connectivity index (χ1) is 15.9. The van der Waals surface area contributed by atoms with Gasteiger partial charge in [-0.15, -0.1) is 0 Å². The van der Waals surface area contributed by atoms with Gasteiger partial charge in [0.05, 0.1) is 12.6 Å². The van der Waals surface area contributed by atoms with Crippen LogP contribution < -0.4 is 10.6 Å². The lowest BCUT2D eigenvalue weighted by molar-refractivity contribution is -0.129. The minimum atomic E-state index is -0.229. The molecule has 7 nitrogen and oxygen atoms in total. The fourth-order valence-electron chi connectivity index (χ4n) is 4.33. The van der Waals surface area contributed by atoms with Crippen LogP contribution in [0.3, 0.4) is 0 Å². The summed E-state index contributed by atoms with van der Waals surface area (Å²) in [6.07, 6.45) is 4.14. The third-order valence-corrected chi connectivity index (χ3v) is 6.19. The maximum Gasteiger partial charge on any atom is 0.225 e. The van der Waals surface area contributed by atoms with Gasteiger partial charge in [0.2, 0.25) is 11.8 Å². The Bertz CT molecular complexity index is 698. The fourth-order valence-corrected chi connectivity index (χ4v) is 4.33. The summed E-state index contributed by atoms with van der Waals surface area (Å²) in [4.78, 5) is 28.9. The van der Waals surface area contributed by atoms with Crippen molar-refractivity contribution >= 4 is 11.8 Å². The molecule has 1 heterocycles. The van der Waals surface area contributed by atoms with Crippen molar-refractivity contribution in [1.82, 2.24) is 20.4 Å². The zero-order valence-electron chi connectivity index (χ0n) is 20.8. The molecule has 2 amide bonds. The Morgan fingerprint density at radius 3 is 2.67 bits per heavy atom. The van der Waals surface area contributed by atoms with Crippen LogP contribution in [0.4, 0.5) is 0 Å². The molecule has 1 aliphatic rings. The Morgan fingerprint density at radius 1 is 1.24 bits per heavy atom. The first kappa shape index (κ1) is 27.3. The molecule has 7 heteroatoms. The van der Waals surface area contributed by atoms with Gasteiger partial charge in [-0.25, -0.2) is 0 Å². The molecule has 2 rings (SSSR count). The van der Waals surface area contributed by atoms with Crippen molar-refractivity contribution in [3.8, 4) is 0 Å². The SMILES string of the molecule is CCCCN1CC(C(=O)NC(CCNCCN(CO)Cc2ccccc2)CC(C)C)CC1=O. The van der Waals surface area contributed by atoms with E-state index in [0.29, 0.717) is 18.9 Å². The van der Waals surface area contributed by atoms with Crippen molar-refractivity contribution in [2.45, 2.75) is 65.5 Å². The van der Waals surface area contributed by atoms with Crippen LogP contribution in [0, 0.1) is 11.8 Å². The number of unbranched alkanes of at least 4 members (excludes halogenated alkanes) is 1. The molecule has 1 aromatic rings. The number of amides is 2. The van der Waals surface area contributed by atoms with E-state index < -0.39 is 0 Å². The molecule has 0 aliphatic carbocycles. The molecule has 3 N–H and O–H groups in total. The second-order valence-corrected chi connectivity index (χ2v) is 9.65. The molecule has 1 aromatic carbocycles. The van der Waals surface area contributed by atoms with Crippen molar-refractivity contribution in [2.24, 2.45) is 11.8 Å². The highest BCUT2D eigenvalue weighted by molar-refractivity contribution is 5.89. The number of likely N-dealkylation sites (tertiary alicyclic amines) is 1. The first-order valence-electron chi connectivity index (χ1n) is 12.6. The number of benzene rings is 1. The largest absolute Gasteiger partial charge is 0.381 e. The van der Waals surface area contributed by atoms with Gasteiger partial charge in [-0.3, -0.25) is 14.5 Å². The number of aliphatic hydroxyl groups excluding tert-OH is 1. The van der Waals surface area contributed by atoms with Gasteiger partial charge in [-0.05, 0) is 37.3 Å². The zero-order valence-corrected chi connectivity index (χ0v) is 20.8. The summed E-state index contributed by atoms with van der Waals surface area (Å²) in [7, 11) is 0. The van der Waals surface area contributed by atoms with Crippen molar-refractivity contribution in [2.75, 3.05) is 39.5 Å². The average Bonchev–Trinajstić information content (AvgIpc) is 3.17. The summed E-state index contributed by atoms with van der Waals surface area (Å²) in [5.41, 5.74) is 1.19. The fraction of sp³-hybridized carbons (Fsp3) is 0.692. The molecular formula is C26H44N4O3. The number of nitrogens with zero attached hydrogens (tertiary/aromatic N) is 2. The van der Waals surface area contributed by atoms with E-state index in [0.717, 1.165) is 58.4 Å². The molecule has 186 valence electrons. The van der Waals surface area contributed by atoms with Crippen molar-refractivity contribution in [3.63, 3.8) is 0 Å². The predicted octanol–water partition coefficient (Wildman–Crippen LogP) is 2.60. The number of carbonyl (C=O) groups excluding carboxylic acids is 2. The standard InChI is InChI=1S/C26H44N4O3/c1-4-5-14-30-19-23(17-25(30)32)26(33)28-24(16-21(2)3)11-12-27-13-15-29(20-31)18-22-9-7-6-8-10-22/h6-10,21,23-24,27,31H,4-5,11-20H2,1-3H3,(H,28,33). The van der Waals surface area contributed by atoms with Crippen molar-refractivity contribution in [3.05, 3.63) is 35.9 Å². The number of hydrogen-bond donors (Lipinski definition) is 3. The molecule has 33 heavy (non-hydrogen) atoms. The molecule has 0 aromatic heterocycles. The normalized spacial score (nSPS) is 17.2. The number of carbonyl (C=O) groups is 2. The van der Waals surface area contributed by atoms with Gasteiger partial charge in [-0.1, -0.05) is 57.5 Å². The lowest BCUT2D eigenvalue weighted by Gasteiger charge is -2.24. The second-order valence-electron chi connectivity index (χ2n) is 9.65. The highest BCUT2D eigenvalue weighted by Crippen LogP contribution is 2.19. The molecule has 2 unspecified atom stereocenters. The van der Waals surface area contributed by atoms with Crippen LogP contribution in [0.25, 0.3) is 0 Å². The summed E-state index contributed by atoms with van der Waals surface area (Å²) in [5, 5.41) is 16.3.